The minimum Gasteiger partial charge on any atom is -0.478 e. The molecule has 0 aliphatic carbocycles. The van der Waals surface area contributed by atoms with Crippen LogP contribution in [0, 0.1) is 13.8 Å². The van der Waals surface area contributed by atoms with Crippen LogP contribution in [-0.4, -0.2) is 37.9 Å². The molecular formula is C21H20N4O6S2. The predicted molar refractivity (Wildman–Crippen MR) is 123 cm³/mol. The van der Waals surface area contributed by atoms with Gasteiger partial charge in [-0.1, -0.05) is 12.1 Å². The monoisotopic (exact) mass is 488 g/mol. The molecule has 3 rings (SSSR count). The van der Waals surface area contributed by atoms with Gasteiger partial charge >= 0.3 is 5.97 Å². The Labute approximate surface area is 191 Å². The Kier molecular flexibility index (Phi) is 6.79. The fourth-order valence-corrected chi connectivity index (χ4v) is 4.80. The highest BCUT2D eigenvalue weighted by Gasteiger charge is 2.18. The van der Waals surface area contributed by atoms with Crippen LogP contribution >= 0.6 is 0 Å². The highest BCUT2D eigenvalue weighted by Crippen LogP contribution is 2.20. The SMILES string of the molecule is Cc1cc(C)nc(NS(=O)(=O)c2ccc(NS(=O)(=O)c3ccc(/C=C/C(=O)O)cc3)cc2)n1. The standard InChI is InChI=1S/C21H20N4O6S2/c1-14-13-15(2)23-21(22-14)25-33(30,31)19-10-6-17(7-11-19)24-32(28,29)18-8-3-16(4-9-18)5-12-20(26)27/h3-13,24H,1-2H3,(H,26,27)(H,22,23,25)/b12-5+. The third-order valence-electron chi connectivity index (χ3n) is 4.23. The Morgan fingerprint density at radius 1 is 0.818 bits per heavy atom. The molecule has 0 amide bonds. The zero-order valence-electron chi connectivity index (χ0n) is 17.6. The van der Waals surface area contributed by atoms with E-state index in [1.165, 1.54) is 54.6 Å². The van der Waals surface area contributed by atoms with Gasteiger partial charge in [-0.05, 0) is 68.0 Å². The van der Waals surface area contributed by atoms with Crippen molar-refractivity contribution in [3.63, 3.8) is 0 Å². The van der Waals surface area contributed by atoms with E-state index >= 15 is 0 Å². The molecule has 0 radical (unpaired) electrons. The number of aliphatic carboxylic acids is 1. The first kappa shape index (κ1) is 23.9. The third-order valence-corrected chi connectivity index (χ3v) is 6.97. The summed E-state index contributed by atoms with van der Waals surface area (Å²) < 4.78 is 55.1. The Hall–Kier alpha value is -3.77. The maximum absolute atomic E-state index is 12.6. The van der Waals surface area contributed by atoms with Crippen molar-refractivity contribution in [2.24, 2.45) is 0 Å². The molecule has 0 saturated carbocycles. The first-order valence-electron chi connectivity index (χ1n) is 9.44. The van der Waals surface area contributed by atoms with Crippen molar-refractivity contribution in [3.05, 3.63) is 77.6 Å². The number of nitrogens with one attached hydrogen (secondary N) is 2. The molecule has 3 aromatic rings. The average Bonchev–Trinajstić information content (AvgIpc) is 2.71. The van der Waals surface area contributed by atoms with Crippen molar-refractivity contribution < 1.29 is 26.7 Å². The molecule has 1 heterocycles. The maximum Gasteiger partial charge on any atom is 0.328 e. The molecule has 2 aromatic carbocycles. The molecule has 0 aliphatic heterocycles. The van der Waals surface area contributed by atoms with Crippen LogP contribution in [-0.2, 0) is 24.8 Å². The van der Waals surface area contributed by atoms with Crippen molar-refractivity contribution in [3.8, 4) is 0 Å². The van der Waals surface area contributed by atoms with E-state index in [1.54, 1.807) is 19.9 Å². The maximum atomic E-state index is 12.6. The van der Waals surface area contributed by atoms with E-state index in [0.717, 1.165) is 6.08 Å². The molecule has 0 unspecified atom stereocenters. The van der Waals surface area contributed by atoms with Crippen molar-refractivity contribution in [1.29, 1.82) is 0 Å². The summed E-state index contributed by atoms with van der Waals surface area (Å²) in [4.78, 5) is 18.5. The number of rotatable bonds is 8. The lowest BCUT2D eigenvalue weighted by atomic mass is 10.2. The topological polar surface area (TPSA) is 155 Å². The number of aromatic nitrogens is 2. The summed E-state index contributed by atoms with van der Waals surface area (Å²) >= 11 is 0. The van der Waals surface area contributed by atoms with Gasteiger partial charge in [0.1, 0.15) is 0 Å². The van der Waals surface area contributed by atoms with Crippen LogP contribution in [0.15, 0.2) is 70.5 Å². The Bertz CT molecular complexity index is 1400. The Morgan fingerprint density at radius 2 is 1.30 bits per heavy atom. The summed E-state index contributed by atoms with van der Waals surface area (Å²) in [5.41, 5.74) is 1.89. The first-order chi connectivity index (χ1) is 15.4. The Morgan fingerprint density at radius 3 is 1.82 bits per heavy atom. The van der Waals surface area contributed by atoms with Crippen molar-refractivity contribution >= 4 is 43.7 Å². The number of hydrogen-bond donors (Lipinski definition) is 3. The minimum absolute atomic E-state index is 0.0414. The van der Waals surface area contributed by atoms with Gasteiger partial charge in [0.2, 0.25) is 5.95 Å². The second-order valence-electron chi connectivity index (χ2n) is 6.95. The zero-order valence-corrected chi connectivity index (χ0v) is 19.2. The van der Waals surface area contributed by atoms with E-state index in [-0.39, 0.29) is 21.4 Å². The summed E-state index contributed by atoms with van der Waals surface area (Å²) in [5.74, 6) is -1.17. The second kappa shape index (κ2) is 9.38. The van der Waals surface area contributed by atoms with Gasteiger partial charge in [0, 0.05) is 23.2 Å². The van der Waals surface area contributed by atoms with Crippen LogP contribution in [0.5, 0.6) is 0 Å². The minimum atomic E-state index is -3.98. The lowest BCUT2D eigenvalue weighted by Crippen LogP contribution is -2.16. The quantitative estimate of drug-likeness (QED) is 0.409. The molecule has 0 saturated heterocycles. The van der Waals surface area contributed by atoms with Crippen LogP contribution < -0.4 is 9.44 Å². The van der Waals surface area contributed by atoms with Gasteiger partial charge in [0.25, 0.3) is 20.0 Å². The first-order valence-corrected chi connectivity index (χ1v) is 12.4. The molecule has 12 heteroatoms. The largest absolute Gasteiger partial charge is 0.478 e. The van der Waals surface area contributed by atoms with Crippen LogP contribution in [0.25, 0.3) is 6.08 Å². The van der Waals surface area contributed by atoms with Gasteiger partial charge in [-0.3, -0.25) is 4.72 Å². The van der Waals surface area contributed by atoms with Crippen molar-refractivity contribution in [1.82, 2.24) is 9.97 Å². The number of anilines is 2. The normalized spacial score (nSPS) is 11.9. The predicted octanol–water partition coefficient (Wildman–Crippen LogP) is 2.79. The third kappa shape index (κ3) is 6.37. The fraction of sp³-hybridized carbons (Fsp3) is 0.0952. The molecule has 172 valence electrons. The molecular weight excluding hydrogens is 468 g/mol. The summed E-state index contributed by atoms with van der Waals surface area (Å²) in [6.45, 7) is 3.43. The number of benzene rings is 2. The van der Waals surface area contributed by atoms with Crippen LogP contribution in [0.3, 0.4) is 0 Å². The average molecular weight is 489 g/mol. The van der Waals surface area contributed by atoms with E-state index in [0.29, 0.717) is 17.0 Å². The van der Waals surface area contributed by atoms with Gasteiger partial charge < -0.3 is 5.11 Å². The van der Waals surface area contributed by atoms with E-state index in [1.807, 2.05) is 0 Å². The number of nitrogens with zero attached hydrogens (tertiary/aromatic N) is 2. The van der Waals surface area contributed by atoms with E-state index in [2.05, 4.69) is 19.4 Å². The molecule has 0 fully saturated rings. The Balaban J connectivity index is 1.74. The number of carboxylic acid groups (broad SMARTS) is 1. The summed E-state index contributed by atoms with van der Waals surface area (Å²) in [6.07, 6.45) is 2.28. The summed E-state index contributed by atoms with van der Waals surface area (Å²) in [6, 6.07) is 12.4. The molecule has 0 spiro atoms. The number of carbonyl (C=O) groups is 1. The summed E-state index contributed by atoms with van der Waals surface area (Å²) in [7, 11) is -7.92. The number of hydrogen-bond acceptors (Lipinski definition) is 7. The summed E-state index contributed by atoms with van der Waals surface area (Å²) in [5, 5.41) is 8.65. The molecule has 0 atom stereocenters. The lowest BCUT2D eigenvalue weighted by molar-refractivity contribution is -0.131. The smallest absolute Gasteiger partial charge is 0.328 e. The lowest BCUT2D eigenvalue weighted by Gasteiger charge is -2.10. The molecule has 3 N–H and O–H groups in total. The van der Waals surface area contributed by atoms with Crippen LogP contribution in [0.1, 0.15) is 17.0 Å². The molecule has 0 aliphatic rings. The highest BCUT2D eigenvalue weighted by atomic mass is 32.2. The van der Waals surface area contributed by atoms with Gasteiger partial charge in [-0.25, -0.2) is 36.3 Å². The molecule has 10 nitrogen and oxygen atoms in total. The molecule has 33 heavy (non-hydrogen) atoms. The zero-order chi connectivity index (χ0) is 24.2. The number of sulfonamides is 2. The van der Waals surface area contributed by atoms with E-state index in [4.69, 9.17) is 5.11 Å². The van der Waals surface area contributed by atoms with Crippen molar-refractivity contribution in [2.75, 3.05) is 9.44 Å². The second-order valence-corrected chi connectivity index (χ2v) is 10.3. The van der Waals surface area contributed by atoms with Crippen LogP contribution in [0.4, 0.5) is 11.6 Å². The van der Waals surface area contributed by atoms with Crippen molar-refractivity contribution in [2.45, 2.75) is 23.6 Å². The van der Waals surface area contributed by atoms with E-state index < -0.39 is 26.0 Å². The van der Waals surface area contributed by atoms with E-state index in [9.17, 15) is 21.6 Å². The molecule has 0 bridgehead atoms. The van der Waals surface area contributed by atoms with Gasteiger partial charge in [0.05, 0.1) is 9.79 Å². The fourth-order valence-electron chi connectivity index (χ4n) is 2.79. The van der Waals surface area contributed by atoms with Gasteiger partial charge in [-0.15, -0.1) is 0 Å². The number of aryl methyl sites for hydroxylation is 2. The van der Waals surface area contributed by atoms with Gasteiger partial charge in [0.15, 0.2) is 0 Å². The molecule has 1 aromatic heterocycles. The van der Waals surface area contributed by atoms with Gasteiger partial charge in [-0.2, -0.15) is 0 Å². The highest BCUT2D eigenvalue weighted by molar-refractivity contribution is 7.93. The van der Waals surface area contributed by atoms with Crippen LogP contribution in [0.2, 0.25) is 0 Å². The number of carboxylic acids is 1.